The lowest BCUT2D eigenvalue weighted by Gasteiger charge is -2.28. The first-order valence-electron chi connectivity index (χ1n) is 10.1. The van der Waals surface area contributed by atoms with Crippen molar-refractivity contribution in [2.45, 2.75) is 51.5 Å². The van der Waals surface area contributed by atoms with Crippen LogP contribution in [-0.4, -0.2) is 34.1 Å². The van der Waals surface area contributed by atoms with Crippen LogP contribution in [0.5, 0.6) is 0 Å². The smallest absolute Gasteiger partial charge is 0.294 e. The molecule has 0 radical (unpaired) electrons. The Kier molecular flexibility index (Phi) is 6.43. The van der Waals surface area contributed by atoms with Gasteiger partial charge in [0.2, 0.25) is 5.92 Å². The number of nitrogens with one attached hydrogen (secondary N) is 2. The molecule has 6 nitrogen and oxygen atoms in total. The number of aromatic nitrogens is 1. The number of hydrogen-bond acceptors (Lipinski definition) is 3. The standard InChI is InChI=1S/C22H23F4N3O3/c1-11-17(20(31)28-14-4-5-15(23)16(24)10-14)12(2)29(3)18(11)19(30)21(32)27-13-6-8-22(25,26)9-7-13/h4-5,10,13H,6-9H2,1-3H3,(H,27,32)(H,28,31). The van der Waals surface area contributed by atoms with Crippen molar-refractivity contribution in [1.29, 1.82) is 0 Å². The number of benzene rings is 1. The Balaban J connectivity index is 1.78. The number of hydrogen-bond donors (Lipinski definition) is 2. The number of carbonyl (C=O) groups excluding carboxylic acids is 3. The van der Waals surface area contributed by atoms with Gasteiger partial charge in [0.15, 0.2) is 11.6 Å². The molecule has 0 spiro atoms. The summed E-state index contributed by atoms with van der Waals surface area (Å²) in [6.45, 7) is 3.07. The van der Waals surface area contributed by atoms with Crippen LogP contribution in [0.25, 0.3) is 0 Å². The molecule has 2 N–H and O–H groups in total. The Labute approximate surface area is 182 Å². The van der Waals surface area contributed by atoms with Crippen molar-refractivity contribution in [3.8, 4) is 0 Å². The summed E-state index contributed by atoms with van der Waals surface area (Å²) in [6, 6.07) is 2.37. The number of carbonyl (C=O) groups is 3. The van der Waals surface area contributed by atoms with Crippen LogP contribution in [0.2, 0.25) is 0 Å². The third kappa shape index (κ3) is 4.68. The monoisotopic (exact) mass is 453 g/mol. The van der Waals surface area contributed by atoms with Gasteiger partial charge >= 0.3 is 0 Å². The zero-order valence-corrected chi connectivity index (χ0v) is 17.8. The van der Waals surface area contributed by atoms with Gasteiger partial charge in [-0.25, -0.2) is 17.6 Å². The highest BCUT2D eigenvalue weighted by atomic mass is 19.3. The molecule has 2 amide bonds. The Hall–Kier alpha value is -3.17. The molecule has 172 valence electrons. The van der Waals surface area contributed by atoms with Crippen LogP contribution in [0.1, 0.15) is 57.8 Å². The van der Waals surface area contributed by atoms with E-state index in [1.807, 2.05) is 0 Å². The van der Waals surface area contributed by atoms with Crippen LogP contribution in [0.15, 0.2) is 18.2 Å². The molecule has 2 aromatic rings. The minimum atomic E-state index is -2.76. The molecule has 0 bridgehead atoms. The van der Waals surface area contributed by atoms with Crippen molar-refractivity contribution in [1.82, 2.24) is 9.88 Å². The molecule has 3 rings (SSSR count). The minimum Gasteiger partial charge on any atom is -0.346 e. The summed E-state index contributed by atoms with van der Waals surface area (Å²) in [5, 5.41) is 4.95. The topological polar surface area (TPSA) is 80.2 Å². The summed E-state index contributed by atoms with van der Waals surface area (Å²) in [5.74, 6) is -7.43. The van der Waals surface area contributed by atoms with Crippen LogP contribution in [-0.2, 0) is 11.8 Å². The van der Waals surface area contributed by atoms with Crippen LogP contribution < -0.4 is 10.6 Å². The van der Waals surface area contributed by atoms with Gasteiger partial charge in [-0.05, 0) is 44.4 Å². The Morgan fingerprint density at radius 3 is 2.28 bits per heavy atom. The van der Waals surface area contributed by atoms with E-state index in [1.165, 1.54) is 24.6 Å². The summed E-state index contributed by atoms with van der Waals surface area (Å²) in [4.78, 5) is 38.1. The van der Waals surface area contributed by atoms with Crippen molar-refractivity contribution in [2.24, 2.45) is 7.05 Å². The molecule has 1 aromatic carbocycles. The zero-order chi connectivity index (χ0) is 23.8. The molecule has 1 heterocycles. The van der Waals surface area contributed by atoms with Crippen molar-refractivity contribution >= 4 is 23.3 Å². The Bertz CT molecular complexity index is 1080. The maximum Gasteiger partial charge on any atom is 0.294 e. The van der Waals surface area contributed by atoms with E-state index >= 15 is 0 Å². The molecule has 0 aliphatic heterocycles. The Morgan fingerprint density at radius 2 is 1.69 bits per heavy atom. The number of rotatable bonds is 5. The fourth-order valence-electron chi connectivity index (χ4n) is 3.94. The second-order valence-corrected chi connectivity index (χ2v) is 8.01. The third-order valence-electron chi connectivity index (χ3n) is 5.81. The van der Waals surface area contributed by atoms with Gasteiger partial charge in [-0.3, -0.25) is 14.4 Å². The molecular weight excluding hydrogens is 430 g/mol. The van der Waals surface area contributed by atoms with Gasteiger partial charge in [0.05, 0.1) is 11.3 Å². The number of ketones is 1. The van der Waals surface area contributed by atoms with Crippen LogP contribution in [0.4, 0.5) is 23.2 Å². The maximum absolute atomic E-state index is 13.4. The van der Waals surface area contributed by atoms with Crippen molar-refractivity contribution in [3.63, 3.8) is 0 Å². The number of halogens is 4. The fourth-order valence-corrected chi connectivity index (χ4v) is 3.94. The van der Waals surface area contributed by atoms with Gasteiger partial charge in [0, 0.05) is 43.4 Å². The SMILES string of the molecule is Cc1c(C(=O)Nc2ccc(F)c(F)c2)c(C)n(C)c1C(=O)C(=O)NC1CCC(F)(F)CC1. The molecule has 1 aromatic heterocycles. The maximum atomic E-state index is 13.4. The van der Waals surface area contributed by atoms with Crippen molar-refractivity contribution < 1.29 is 31.9 Å². The van der Waals surface area contributed by atoms with Crippen LogP contribution in [0, 0.1) is 25.5 Å². The van der Waals surface area contributed by atoms with E-state index in [2.05, 4.69) is 10.6 Å². The average molecular weight is 453 g/mol. The zero-order valence-electron chi connectivity index (χ0n) is 17.8. The van der Waals surface area contributed by atoms with Gasteiger partial charge in [-0.2, -0.15) is 0 Å². The van der Waals surface area contributed by atoms with E-state index in [-0.39, 0.29) is 48.2 Å². The van der Waals surface area contributed by atoms with Gasteiger partial charge in [-0.1, -0.05) is 0 Å². The predicted octanol–water partition coefficient (Wildman–Crippen LogP) is 4.05. The van der Waals surface area contributed by atoms with Crippen molar-refractivity contribution in [3.05, 3.63) is 52.3 Å². The molecule has 10 heteroatoms. The first kappa shape index (κ1) is 23.5. The second-order valence-electron chi connectivity index (χ2n) is 8.01. The summed E-state index contributed by atoms with van der Waals surface area (Å²) < 4.78 is 54.5. The first-order valence-corrected chi connectivity index (χ1v) is 10.1. The predicted molar refractivity (Wildman–Crippen MR) is 109 cm³/mol. The molecule has 0 saturated heterocycles. The molecule has 32 heavy (non-hydrogen) atoms. The fraction of sp³-hybridized carbons (Fsp3) is 0.409. The van der Waals surface area contributed by atoms with Gasteiger partial charge in [-0.15, -0.1) is 0 Å². The minimum absolute atomic E-state index is 0.0171. The third-order valence-corrected chi connectivity index (χ3v) is 5.81. The van der Waals surface area contributed by atoms with E-state index in [0.717, 1.165) is 12.1 Å². The largest absolute Gasteiger partial charge is 0.346 e. The van der Waals surface area contributed by atoms with Crippen LogP contribution >= 0.6 is 0 Å². The van der Waals surface area contributed by atoms with E-state index < -0.39 is 41.2 Å². The second kappa shape index (κ2) is 8.76. The number of amides is 2. The van der Waals surface area contributed by atoms with Gasteiger partial charge in [0.25, 0.3) is 17.6 Å². The summed E-state index contributed by atoms with van der Waals surface area (Å²) >= 11 is 0. The lowest BCUT2D eigenvalue weighted by atomic mass is 9.92. The van der Waals surface area contributed by atoms with Crippen LogP contribution in [0.3, 0.4) is 0 Å². The molecule has 0 unspecified atom stereocenters. The summed E-state index contributed by atoms with van der Waals surface area (Å²) in [7, 11) is 1.51. The normalized spacial score (nSPS) is 16.0. The average Bonchev–Trinajstić information content (AvgIpc) is 2.94. The quantitative estimate of drug-likeness (QED) is 0.407. The highest BCUT2D eigenvalue weighted by Crippen LogP contribution is 2.33. The first-order chi connectivity index (χ1) is 14.9. The molecule has 1 fully saturated rings. The lowest BCUT2D eigenvalue weighted by Crippen LogP contribution is -2.43. The number of Topliss-reactive ketones (excluding diaryl/α,β-unsaturated/α-hetero) is 1. The van der Waals surface area contributed by atoms with Gasteiger partial charge < -0.3 is 15.2 Å². The number of alkyl halides is 2. The number of nitrogens with zero attached hydrogens (tertiary/aromatic N) is 1. The molecule has 1 aliphatic rings. The summed E-state index contributed by atoms with van der Waals surface area (Å²) in [6.07, 6.45) is -0.580. The molecule has 1 saturated carbocycles. The lowest BCUT2D eigenvalue weighted by molar-refractivity contribution is -0.118. The highest BCUT2D eigenvalue weighted by Gasteiger charge is 2.36. The molecular formula is C22H23F4N3O3. The molecule has 1 aliphatic carbocycles. The molecule has 0 atom stereocenters. The van der Waals surface area contributed by atoms with E-state index in [0.29, 0.717) is 5.69 Å². The summed E-state index contributed by atoms with van der Waals surface area (Å²) in [5.41, 5.74) is 0.745. The van der Waals surface area contributed by atoms with E-state index in [1.54, 1.807) is 6.92 Å². The van der Waals surface area contributed by atoms with Gasteiger partial charge in [0.1, 0.15) is 0 Å². The Morgan fingerprint density at radius 1 is 1.06 bits per heavy atom. The number of anilines is 1. The van der Waals surface area contributed by atoms with E-state index in [4.69, 9.17) is 0 Å². The van der Waals surface area contributed by atoms with E-state index in [9.17, 15) is 31.9 Å². The van der Waals surface area contributed by atoms with Crippen molar-refractivity contribution in [2.75, 3.05) is 5.32 Å². The highest BCUT2D eigenvalue weighted by molar-refractivity contribution is 6.43.